The zero-order chi connectivity index (χ0) is 23.9. The number of carbonyl (C=O) groups is 1. The number of ketones is 1. The van der Waals surface area contributed by atoms with Gasteiger partial charge in [-0.2, -0.15) is 4.39 Å². The highest BCUT2D eigenvalue weighted by molar-refractivity contribution is 6.18. The van der Waals surface area contributed by atoms with E-state index in [4.69, 9.17) is 0 Å². The lowest BCUT2D eigenvalue weighted by atomic mass is 9.92. The highest BCUT2D eigenvalue weighted by Gasteiger charge is 2.35. The predicted octanol–water partition coefficient (Wildman–Crippen LogP) is 4.04. The van der Waals surface area contributed by atoms with Crippen molar-refractivity contribution in [3.63, 3.8) is 0 Å². The largest absolute Gasteiger partial charge is 0.391 e. The zero-order valence-electron chi connectivity index (χ0n) is 18.3. The molecule has 2 unspecified atom stereocenters. The van der Waals surface area contributed by atoms with Crippen molar-refractivity contribution in [3.05, 3.63) is 41.7 Å². The molecular formula is C23H25F3N6O2. The van der Waals surface area contributed by atoms with Gasteiger partial charge in [-0.05, 0) is 44.2 Å². The summed E-state index contributed by atoms with van der Waals surface area (Å²) in [5.74, 6) is -3.61. The average molecular weight is 474 g/mol. The zero-order valence-corrected chi connectivity index (χ0v) is 18.3. The summed E-state index contributed by atoms with van der Waals surface area (Å²) < 4.78 is 41.6. The molecule has 8 nitrogen and oxygen atoms in total. The van der Waals surface area contributed by atoms with Crippen molar-refractivity contribution in [2.24, 2.45) is 0 Å². The lowest BCUT2D eigenvalue weighted by molar-refractivity contribution is -0.0361. The van der Waals surface area contributed by atoms with Gasteiger partial charge in [0.25, 0.3) is 0 Å². The molecule has 5 rings (SSSR count). The maximum Gasteiger partial charge on any atom is 0.248 e. The summed E-state index contributed by atoms with van der Waals surface area (Å²) in [6.45, 7) is 0. The van der Waals surface area contributed by atoms with Crippen molar-refractivity contribution in [3.8, 4) is 0 Å². The second kappa shape index (κ2) is 8.86. The molecule has 0 saturated heterocycles. The smallest absolute Gasteiger partial charge is 0.248 e. The number of aliphatic hydroxyl groups excluding tert-OH is 1. The van der Waals surface area contributed by atoms with Crippen LogP contribution in [0, 0.1) is 5.95 Å². The second-order valence-corrected chi connectivity index (χ2v) is 9.04. The summed E-state index contributed by atoms with van der Waals surface area (Å²) >= 11 is 0. The SMILES string of the molecule is O=C(c1ccc(NC2CCC(F)(F)CC2)nc1F)c1c[nH]c2ncnc(NC3CCCC3O)c12. The molecule has 0 radical (unpaired) electrons. The normalized spacial score (nSPS) is 22.7. The van der Waals surface area contributed by atoms with E-state index >= 15 is 0 Å². The Labute approximate surface area is 193 Å². The van der Waals surface area contributed by atoms with E-state index in [2.05, 4.69) is 30.6 Å². The molecule has 0 aliphatic heterocycles. The average Bonchev–Trinajstić information content (AvgIpc) is 3.42. The first kappa shape index (κ1) is 22.6. The molecule has 0 bridgehead atoms. The van der Waals surface area contributed by atoms with Crippen molar-refractivity contribution < 1.29 is 23.1 Å². The van der Waals surface area contributed by atoms with Gasteiger partial charge in [0.05, 0.1) is 28.7 Å². The van der Waals surface area contributed by atoms with Crippen molar-refractivity contribution in [2.75, 3.05) is 10.6 Å². The molecular weight excluding hydrogens is 449 g/mol. The fraction of sp³-hybridized carbons (Fsp3) is 0.478. The van der Waals surface area contributed by atoms with Gasteiger partial charge in [0.2, 0.25) is 11.9 Å². The van der Waals surface area contributed by atoms with Crippen LogP contribution in [-0.2, 0) is 0 Å². The molecule has 180 valence electrons. The van der Waals surface area contributed by atoms with E-state index in [1.165, 1.54) is 24.7 Å². The fourth-order valence-electron chi connectivity index (χ4n) is 4.76. The van der Waals surface area contributed by atoms with E-state index in [0.717, 1.165) is 12.8 Å². The topological polar surface area (TPSA) is 116 Å². The van der Waals surface area contributed by atoms with E-state index in [9.17, 15) is 23.1 Å². The van der Waals surface area contributed by atoms with Gasteiger partial charge in [0.1, 0.15) is 23.6 Å². The quantitative estimate of drug-likeness (QED) is 0.315. The van der Waals surface area contributed by atoms with Gasteiger partial charge < -0.3 is 20.7 Å². The third-order valence-corrected chi connectivity index (χ3v) is 6.68. The molecule has 34 heavy (non-hydrogen) atoms. The Balaban J connectivity index is 1.37. The first-order valence-corrected chi connectivity index (χ1v) is 11.4. The van der Waals surface area contributed by atoms with Crippen LogP contribution in [0.25, 0.3) is 11.0 Å². The number of halogens is 3. The molecule has 0 amide bonds. The van der Waals surface area contributed by atoms with Gasteiger partial charge >= 0.3 is 0 Å². The highest BCUT2D eigenvalue weighted by atomic mass is 19.3. The molecule has 2 fully saturated rings. The van der Waals surface area contributed by atoms with Gasteiger partial charge in [0, 0.05) is 25.1 Å². The summed E-state index contributed by atoms with van der Waals surface area (Å²) in [5, 5.41) is 16.8. The molecule has 11 heteroatoms. The number of hydrogen-bond acceptors (Lipinski definition) is 7. The molecule has 2 aliphatic rings. The van der Waals surface area contributed by atoms with Crippen molar-refractivity contribution >= 4 is 28.5 Å². The number of hydrogen-bond donors (Lipinski definition) is 4. The summed E-state index contributed by atoms with van der Waals surface area (Å²) in [6.07, 6.45) is 4.70. The maximum atomic E-state index is 14.9. The number of fused-ring (bicyclic) bond motifs is 1. The Kier molecular flexibility index (Phi) is 5.88. The van der Waals surface area contributed by atoms with Crippen LogP contribution in [0.5, 0.6) is 0 Å². The number of aliphatic hydroxyl groups is 1. The lowest BCUT2D eigenvalue weighted by Gasteiger charge is -2.29. The van der Waals surface area contributed by atoms with Crippen LogP contribution in [0.4, 0.5) is 24.8 Å². The maximum absolute atomic E-state index is 14.9. The molecule has 0 spiro atoms. The highest BCUT2D eigenvalue weighted by Crippen LogP contribution is 2.34. The number of pyridine rings is 1. The third kappa shape index (κ3) is 4.44. The Bertz CT molecular complexity index is 1210. The summed E-state index contributed by atoms with van der Waals surface area (Å²) in [4.78, 5) is 28.4. The standard InChI is InChI=1S/C23H25F3N6O2/c24-20-13(4-5-17(32-20)30-12-6-8-23(25,26)9-7-12)19(34)14-10-27-21-18(14)22(29-11-28-21)31-15-2-1-3-16(15)33/h4-5,10-12,15-16,33H,1-3,6-9H2,(H,30,32)(H2,27,28,29,31). The fourth-order valence-corrected chi connectivity index (χ4v) is 4.76. The van der Waals surface area contributed by atoms with Gasteiger partial charge in [0.15, 0.2) is 5.78 Å². The minimum atomic E-state index is -2.65. The molecule has 4 N–H and O–H groups in total. The first-order chi connectivity index (χ1) is 16.3. The van der Waals surface area contributed by atoms with E-state index in [-0.39, 0.29) is 54.7 Å². The van der Waals surface area contributed by atoms with Gasteiger partial charge in [-0.15, -0.1) is 0 Å². The number of H-pyrrole nitrogens is 1. The molecule has 3 heterocycles. The molecule has 0 aromatic carbocycles. The molecule has 2 aliphatic carbocycles. The second-order valence-electron chi connectivity index (χ2n) is 9.04. The van der Waals surface area contributed by atoms with Gasteiger partial charge in [-0.3, -0.25) is 4.79 Å². The number of nitrogens with zero attached hydrogens (tertiary/aromatic N) is 3. The van der Waals surface area contributed by atoms with Crippen LogP contribution >= 0.6 is 0 Å². The summed E-state index contributed by atoms with van der Waals surface area (Å²) in [7, 11) is 0. The van der Waals surface area contributed by atoms with Crippen LogP contribution in [0.1, 0.15) is 60.9 Å². The van der Waals surface area contributed by atoms with Crippen molar-refractivity contribution in [2.45, 2.75) is 69.1 Å². The number of nitrogens with one attached hydrogen (secondary N) is 3. The number of anilines is 2. The van der Waals surface area contributed by atoms with E-state index < -0.39 is 23.8 Å². The lowest BCUT2D eigenvalue weighted by Crippen LogP contribution is -2.32. The number of carbonyl (C=O) groups excluding carboxylic acids is 1. The third-order valence-electron chi connectivity index (χ3n) is 6.68. The van der Waals surface area contributed by atoms with Crippen LogP contribution in [-0.4, -0.2) is 54.9 Å². The Morgan fingerprint density at radius 2 is 1.88 bits per heavy atom. The number of rotatable bonds is 6. The molecule has 3 aromatic rings. The molecule has 2 atom stereocenters. The molecule has 3 aromatic heterocycles. The van der Waals surface area contributed by atoms with Gasteiger partial charge in [-0.1, -0.05) is 0 Å². The Hall–Kier alpha value is -3.21. The number of alkyl halides is 2. The Morgan fingerprint density at radius 1 is 1.09 bits per heavy atom. The van der Waals surface area contributed by atoms with Crippen LogP contribution in [0.2, 0.25) is 0 Å². The Morgan fingerprint density at radius 3 is 2.59 bits per heavy atom. The van der Waals surface area contributed by atoms with E-state index in [1.54, 1.807) is 0 Å². The van der Waals surface area contributed by atoms with Gasteiger partial charge in [-0.25, -0.2) is 23.7 Å². The van der Waals surface area contributed by atoms with Crippen LogP contribution in [0.15, 0.2) is 24.7 Å². The van der Waals surface area contributed by atoms with Crippen molar-refractivity contribution in [1.29, 1.82) is 0 Å². The summed E-state index contributed by atoms with van der Waals surface area (Å²) in [6, 6.07) is 2.39. The molecule has 2 saturated carbocycles. The monoisotopic (exact) mass is 474 g/mol. The van der Waals surface area contributed by atoms with Crippen LogP contribution < -0.4 is 10.6 Å². The number of aromatic nitrogens is 4. The number of aromatic amines is 1. The van der Waals surface area contributed by atoms with E-state index in [1.807, 2.05) is 0 Å². The predicted molar refractivity (Wildman–Crippen MR) is 120 cm³/mol. The minimum Gasteiger partial charge on any atom is -0.391 e. The minimum absolute atomic E-state index is 0.182. The summed E-state index contributed by atoms with van der Waals surface area (Å²) in [5.41, 5.74) is 0.368. The first-order valence-electron chi connectivity index (χ1n) is 11.4. The van der Waals surface area contributed by atoms with E-state index in [0.29, 0.717) is 23.3 Å². The van der Waals surface area contributed by atoms with Crippen LogP contribution in [0.3, 0.4) is 0 Å². The van der Waals surface area contributed by atoms with Crippen molar-refractivity contribution in [1.82, 2.24) is 19.9 Å².